The molecule has 12 heavy (non-hydrogen) atoms. The van der Waals surface area contributed by atoms with Crippen molar-refractivity contribution in [3.8, 4) is 0 Å². The summed E-state index contributed by atoms with van der Waals surface area (Å²) in [5.74, 6) is -1.05. The van der Waals surface area contributed by atoms with Gasteiger partial charge in [0.15, 0.2) is 6.29 Å². The first-order valence-corrected chi connectivity index (χ1v) is 3.93. The third-order valence-electron chi connectivity index (χ3n) is 1.39. The van der Waals surface area contributed by atoms with Crippen LogP contribution < -0.4 is 0 Å². The van der Waals surface area contributed by atoms with E-state index in [0.29, 0.717) is 16.3 Å². The number of hydrogen-bond donors (Lipinski definition) is 1. The summed E-state index contributed by atoms with van der Waals surface area (Å²) in [4.78, 5) is 20.9. The number of aromatic carboxylic acids is 1. The fourth-order valence-electron chi connectivity index (χ4n) is 0.806. The second-order valence-corrected chi connectivity index (χ2v) is 2.92. The van der Waals surface area contributed by atoms with Crippen LogP contribution in [0.4, 0.5) is 0 Å². The Morgan fingerprint density at radius 2 is 2.17 bits per heavy atom. The fourth-order valence-corrected chi connectivity index (χ4v) is 1.33. The van der Waals surface area contributed by atoms with Crippen molar-refractivity contribution in [3.05, 3.63) is 33.8 Å². The normalized spacial score (nSPS) is 9.42. The SMILES string of the molecule is O=Cc1cccc(C(=O)O)c1Br. The summed E-state index contributed by atoms with van der Waals surface area (Å²) in [6, 6.07) is 4.50. The molecule has 0 aliphatic carbocycles. The molecule has 0 aliphatic heterocycles. The molecule has 0 aromatic heterocycles. The molecule has 4 heteroatoms. The predicted octanol–water partition coefficient (Wildman–Crippen LogP) is 1.96. The Bertz CT molecular complexity index is 333. The highest BCUT2D eigenvalue weighted by Crippen LogP contribution is 2.20. The minimum atomic E-state index is -1.05. The van der Waals surface area contributed by atoms with Gasteiger partial charge >= 0.3 is 5.97 Å². The Labute approximate surface area is 77.1 Å². The van der Waals surface area contributed by atoms with E-state index in [1.54, 1.807) is 6.07 Å². The molecule has 0 atom stereocenters. The number of carboxylic acids is 1. The van der Waals surface area contributed by atoms with Gasteiger partial charge in [0.2, 0.25) is 0 Å². The van der Waals surface area contributed by atoms with Gasteiger partial charge in [0.1, 0.15) is 0 Å². The lowest BCUT2D eigenvalue weighted by Crippen LogP contribution is -1.99. The van der Waals surface area contributed by atoms with Crippen molar-refractivity contribution in [1.82, 2.24) is 0 Å². The zero-order chi connectivity index (χ0) is 9.14. The van der Waals surface area contributed by atoms with Gasteiger partial charge in [0, 0.05) is 10.0 Å². The highest BCUT2D eigenvalue weighted by atomic mass is 79.9. The lowest BCUT2D eigenvalue weighted by Gasteiger charge is -1.99. The maximum absolute atomic E-state index is 10.5. The highest BCUT2D eigenvalue weighted by molar-refractivity contribution is 9.10. The molecular formula is C8H5BrO3. The van der Waals surface area contributed by atoms with Gasteiger partial charge in [-0.2, -0.15) is 0 Å². The van der Waals surface area contributed by atoms with Crippen LogP contribution in [0.5, 0.6) is 0 Å². The van der Waals surface area contributed by atoms with Crippen LogP contribution in [0.3, 0.4) is 0 Å². The molecule has 0 spiro atoms. The maximum Gasteiger partial charge on any atom is 0.336 e. The fraction of sp³-hybridized carbons (Fsp3) is 0. The second-order valence-electron chi connectivity index (χ2n) is 2.13. The van der Waals surface area contributed by atoms with Crippen molar-refractivity contribution in [3.63, 3.8) is 0 Å². The van der Waals surface area contributed by atoms with Crippen LogP contribution >= 0.6 is 15.9 Å². The summed E-state index contributed by atoms with van der Waals surface area (Å²) in [6.45, 7) is 0. The molecule has 1 rings (SSSR count). The average molecular weight is 229 g/mol. The number of rotatable bonds is 2. The zero-order valence-corrected chi connectivity index (χ0v) is 7.54. The molecular weight excluding hydrogens is 224 g/mol. The number of carbonyl (C=O) groups is 2. The van der Waals surface area contributed by atoms with Gasteiger partial charge in [-0.25, -0.2) is 4.79 Å². The van der Waals surface area contributed by atoms with Gasteiger partial charge in [-0.05, 0) is 22.0 Å². The van der Waals surface area contributed by atoms with E-state index in [0.717, 1.165) is 0 Å². The third kappa shape index (κ3) is 1.53. The Balaban J connectivity index is 3.32. The molecule has 1 N–H and O–H groups in total. The van der Waals surface area contributed by atoms with Crippen LogP contribution in [0.15, 0.2) is 22.7 Å². The number of aldehydes is 1. The lowest BCUT2D eigenvalue weighted by atomic mass is 10.1. The first-order chi connectivity index (χ1) is 5.66. The summed E-state index contributed by atoms with van der Waals surface area (Å²) in [5.41, 5.74) is 0.439. The Morgan fingerprint density at radius 1 is 1.50 bits per heavy atom. The molecule has 0 saturated carbocycles. The molecule has 0 aliphatic rings. The first kappa shape index (κ1) is 8.93. The summed E-state index contributed by atoms with van der Waals surface area (Å²) >= 11 is 3.03. The molecule has 0 saturated heterocycles. The Hall–Kier alpha value is -1.16. The van der Waals surface area contributed by atoms with E-state index in [9.17, 15) is 9.59 Å². The number of benzene rings is 1. The van der Waals surface area contributed by atoms with Gasteiger partial charge in [0.25, 0.3) is 0 Å². The van der Waals surface area contributed by atoms with Crippen LogP contribution in [0.1, 0.15) is 20.7 Å². The Kier molecular flexibility index (Phi) is 2.60. The van der Waals surface area contributed by atoms with Crippen molar-refractivity contribution in [2.45, 2.75) is 0 Å². The number of halogens is 1. The molecule has 1 aromatic carbocycles. The van der Waals surface area contributed by atoms with Crippen molar-refractivity contribution < 1.29 is 14.7 Å². The van der Waals surface area contributed by atoms with Crippen molar-refractivity contribution in [1.29, 1.82) is 0 Å². The van der Waals surface area contributed by atoms with Crippen LogP contribution in [-0.4, -0.2) is 17.4 Å². The predicted molar refractivity (Wildman–Crippen MR) is 46.5 cm³/mol. The largest absolute Gasteiger partial charge is 0.478 e. The minimum absolute atomic E-state index is 0.0969. The van der Waals surface area contributed by atoms with E-state index in [1.165, 1.54) is 12.1 Å². The standard InChI is InChI=1S/C8H5BrO3/c9-7-5(4-10)2-1-3-6(7)8(11)12/h1-4H,(H,11,12). The van der Waals surface area contributed by atoms with E-state index in [2.05, 4.69) is 15.9 Å². The van der Waals surface area contributed by atoms with Crippen LogP contribution in [0.2, 0.25) is 0 Å². The van der Waals surface area contributed by atoms with E-state index in [4.69, 9.17) is 5.11 Å². The topological polar surface area (TPSA) is 54.4 Å². The number of hydrogen-bond acceptors (Lipinski definition) is 2. The smallest absolute Gasteiger partial charge is 0.336 e. The molecule has 1 aromatic rings. The van der Waals surface area contributed by atoms with Gasteiger partial charge in [-0.3, -0.25) is 4.79 Å². The molecule has 0 amide bonds. The molecule has 0 heterocycles. The van der Waals surface area contributed by atoms with Crippen LogP contribution in [0, 0.1) is 0 Å². The quantitative estimate of drug-likeness (QED) is 0.788. The van der Waals surface area contributed by atoms with Crippen molar-refractivity contribution in [2.24, 2.45) is 0 Å². The summed E-state index contributed by atoms with van der Waals surface area (Å²) < 4.78 is 0.326. The average Bonchev–Trinajstić information content (AvgIpc) is 2.04. The molecule has 0 fully saturated rings. The van der Waals surface area contributed by atoms with Gasteiger partial charge in [-0.1, -0.05) is 12.1 Å². The van der Waals surface area contributed by atoms with Gasteiger partial charge in [0.05, 0.1) is 5.56 Å². The number of carboxylic acid groups (broad SMARTS) is 1. The number of carbonyl (C=O) groups excluding carboxylic acids is 1. The molecule has 62 valence electrons. The minimum Gasteiger partial charge on any atom is -0.478 e. The van der Waals surface area contributed by atoms with Gasteiger partial charge < -0.3 is 5.11 Å². The molecule has 0 unspecified atom stereocenters. The van der Waals surface area contributed by atoms with Crippen molar-refractivity contribution in [2.75, 3.05) is 0 Å². The van der Waals surface area contributed by atoms with E-state index < -0.39 is 5.97 Å². The van der Waals surface area contributed by atoms with E-state index in [-0.39, 0.29) is 5.56 Å². The maximum atomic E-state index is 10.5. The third-order valence-corrected chi connectivity index (χ3v) is 2.27. The second kappa shape index (κ2) is 3.49. The monoisotopic (exact) mass is 228 g/mol. The zero-order valence-electron chi connectivity index (χ0n) is 5.95. The van der Waals surface area contributed by atoms with E-state index >= 15 is 0 Å². The summed E-state index contributed by atoms with van der Waals surface area (Å²) in [7, 11) is 0. The van der Waals surface area contributed by atoms with Crippen LogP contribution in [-0.2, 0) is 0 Å². The summed E-state index contributed by atoms with van der Waals surface area (Å²) in [5, 5.41) is 8.64. The van der Waals surface area contributed by atoms with Crippen LogP contribution in [0.25, 0.3) is 0 Å². The highest BCUT2D eigenvalue weighted by Gasteiger charge is 2.10. The molecule has 0 bridgehead atoms. The Morgan fingerprint density at radius 3 is 2.67 bits per heavy atom. The molecule has 0 radical (unpaired) electrons. The first-order valence-electron chi connectivity index (χ1n) is 3.14. The molecule has 3 nitrogen and oxygen atoms in total. The summed E-state index contributed by atoms with van der Waals surface area (Å²) in [6.07, 6.45) is 0.608. The van der Waals surface area contributed by atoms with Crippen molar-refractivity contribution >= 4 is 28.2 Å². The van der Waals surface area contributed by atoms with Gasteiger partial charge in [-0.15, -0.1) is 0 Å². The van der Waals surface area contributed by atoms with E-state index in [1.807, 2.05) is 0 Å². The lowest BCUT2D eigenvalue weighted by molar-refractivity contribution is 0.0696.